The van der Waals surface area contributed by atoms with Gasteiger partial charge in [-0.15, -0.1) is 0 Å². The molecule has 1 unspecified atom stereocenters. The normalized spacial score (nSPS) is 11.3. The van der Waals surface area contributed by atoms with Crippen molar-refractivity contribution in [2.75, 3.05) is 5.32 Å². The van der Waals surface area contributed by atoms with Crippen LogP contribution in [0.3, 0.4) is 0 Å². The number of ether oxygens (including phenoxy) is 1. The van der Waals surface area contributed by atoms with Crippen molar-refractivity contribution >= 4 is 11.6 Å². The maximum Gasteiger partial charge on any atom is 0.265 e. The Morgan fingerprint density at radius 3 is 2.65 bits per heavy atom. The van der Waals surface area contributed by atoms with Gasteiger partial charge in [0.05, 0.1) is 19.1 Å². The average Bonchev–Trinajstić information content (AvgIpc) is 2.57. The third-order valence-corrected chi connectivity index (χ3v) is 3.27. The van der Waals surface area contributed by atoms with Crippen LogP contribution in [0.15, 0.2) is 48.5 Å². The molecule has 0 saturated heterocycles. The molecule has 0 spiro atoms. The van der Waals surface area contributed by atoms with E-state index in [9.17, 15) is 4.79 Å². The van der Waals surface area contributed by atoms with Crippen molar-refractivity contribution in [3.05, 3.63) is 59.7 Å². The van der Waals surface area contributed by atoms with Crippen molar-refractivity contribution in [3.63, 3.8) is 0 Å². The Labute approximate surface area is 135 Å². The molecular weight excluding hydrogens is 292 g/mol. The van der Waals surface area contributed by atoms with Crippen LogP contribution in [0.1, 0.15) is 18.1 Å². The number of benzene rings is 2. The van der Waals surface area contributed by atoms with Gasteiger partial charge in [-0.2, -0.15) is 5.26 Å². The summed E-state index contributed by atoms with van der Waals surface area (Å²) in [7, 11) is 0. The number of nitriles is 1. The first-order valence-electron chi connectivity index (χ1n) is 7.25. The number of carbonyl (C=O) groups is 1. The molecule has 0 saturated carbocycles. The second-order valence-electron chi connectivity index (χ2n) is 5.09. The highest BCUT2D eigenvalue weighted by Gasteiger charge is 2.15. The fourth-order valence-electron chi connectivity index (χ4n) is 2.02. The van der Waals surface area contributed by atoms with E-state index in [1.54, 1.807) is 55.5 Å². The van der Waals surface area contributed by atoms with E-state index in [0.29, 0.717) is 17.9 Å². The monoisotopic (exact) mass is 310 g/mol. The molecule has 0 radical (unpaired) electrons. The molecule has 0 aliphatic carbocycles. The van der Waals surface area contributed by atoms with Crippen LogP contribution >= 0.6 is 0 Å². The molecule has 0 aliphatic heterocycles. The number of amides is 1. The highest BCUT2D eigenvalue weighted by molar-refractivity contribution is 5.94. The molecule has 0 bridgehead atoms. The molecule has 1 amide bonds. The van der Waals surface area contributed by atoms with Gasteiger partial charge in [0.25, 0.3) is 5.91 Å². The molecule has 2 N–H and O–H groups in total. The minimum Gasteiger partial charge on any atom is -0.481 e. The molecule has 5 heteroatoms. The van der Waals surface area contributed by atoms with E-state index in [0.717, 1.165) is 11.1 Å². The third-order valence-electron chi connectivity index (χ3n) is 3.27. The van der Waals surface area contributed by atoms with Crippen molar-refractivity contribution in [1.29, 1.82) is 5.26 Å². The Morgan fingerprint density at radius 1 is 1.26 bits per heavy atom. The summed E-state index contributed by atoms with van der Waals surface area (Å²) < 4.78 is 5.59. The zero-order valence-corrected chi connectivity index (χ0v) is 12.8. The first-order chi connectivity index (χ1) is 11.1. The van der Waals surface area contributed by atoms with Crippen LogP contribution in [0, 0.1) is 11.3 Å². The number of carbonyl (C=O) groups excluding carboxylic acids is 1. The van der Waals surface area contributed by atoms with Crippen LogP contribution < -0.4 is 10.1 Å². The maximum atomic E-state index is 12.1. The van der Waals surface area contributed by atoms with E-state index in [2.05, 4.69) is 11.4 Å². The lowest BCUT2D eigenvalue weighted by molar-refractivity contribution is -0.122. The molecule has 118 valence electrons. The summed E-state index contributed by atoms with van der Waals surface area (Å²) in [5.41, 5.74) is 2.27. The smallest absolute Gasteiger partial charge is 0.265 e. The molecule has 0 aliphatic rings. The SMILES string of the molecule is CC(Oc1cccc(CO)c1)C(=O)Nc1ccc(CC#N)cc1. The second-order valence-corrected chi connectivity index (χ2v) is 5.09. The van der Waals surface area contributed by atoms with Gasteiger partial charge in [-0.3, -0.25) is 4.79 Å². The molecule has 0 aromatic heterocycles. The molecule has 1 atom stereocenters. The standard InChI is InChI=1S/C18H18N2O3/c1-13(23-17-4-2-3-15(11-17)12-21)18(22)20-16-7-5-14(6-8-16)9-10-19/h2-8,11,13,21H,9,12H2,1H3,(H,20,22). The first kappa shape index (κ1) is 16.5. The zero-order valence-electron chi connectivity index (χ0n) is 12.8. The van der Waals surface area contributed by atoms with Crippen molar-refractivity contribution in [2.45, 2.75) is 26.1 Å². The molecule has 5 nitrogen and oxygen atoms in total. The van der Waals surface area contributed by atoms with Crippen LogP contribution in [0.4, 0.5) is 5.69 Å². The van der Waals surface area contributed by atoms with Crippen LogP contribution in [0.25, 0.3) is 0 Å². The van der Waals surface area contributed by atoms with E-state index in [4.69, 9.17) is 15.1 Å². The van der Waals surface area contributed by atoms with Crippen LogP contribution in [0.5, 0.6) is 5.75 Å². The third kappa shape index (κ3) is 4.83. The summed E-state index contributed by atoms with van der Waals surface area (Å²) in [6.45, 7) is 1.58. The molecule has 0 fully saturated rings. The number of anilines is 1. The average molecular weight is 310 g/mol. The Hall–Kier alpha value is -2.84. The Balaban J connectivity index is 1.95. The molecule has 23 heavy (non-hydrogen) atoms. The topological polar surface area (TPSA) is 82.3 Å². The van der Waals surface area contributed by atoms with Gasteiger partial charge in [0.2, 0.25) is 0 Å². The first-order valence-corrected chi connectivity index (χ1v) is 7.25. The van der Waals surface area contributed by atoms with Gasteiger partial charge in [0.1, 0.15) is 5.75 Å². The lowest BCUT2D eigenvalue weighted by atomic mass is 10.1. The quantitative estimate of drug-likeness (QED) is 0.859. The van der Waals surface area contributed by atoms with E-state index in [1.165, 1.54) is 0 Å². The molecule has 2 aromatic carbocycles. The summed E-state index contributed by atoms with van der Waals surface area (Å²) >= 11 is 0. The fourth-order valence-corrected chi connectivity index (χ4v) is 2.02. The number of aliphatic hydroxyl groups excluding tert-OH is 1. The summed E-state index contributed by atoms with van der Waals surface area (Å²) in [6.07, 6.45) is -0.336. The number of hydrogen-bond donors (Lipinski definition) is 2. The van der Waals surface area contributed by atoms with E-state index < -0.39 is 6.10 Å². The van der Waals surface area contributed by atoms with Crippen LogP contribution in [-0.4, -0.2) is 17.1 Å². The second kappa shape index (κ2) is 7.97. The van der Waals surface area contributed by atoms with Gasteiger partial charge in [-0.1, -0.05) is 24.3 Å². The van der Waals surface area contributed by atoms with Crippen molar-refractivity contribution in [3.8, 4) is 11.8 Å². The molecule has 2 aromatic rings. The summed E-state index contributed by atoms with van der Waals surface area (Å²) in [6, 6.07) is 16.2. The number of nitrogens with one attached hydrogen (secondary N) is 1. The van der Waals surface area contributed by atoms with Crippen LogP contribution in [0.2, 0.25) is 0 Å². The van der Waals surface area contributed by atoms with Crippen molar-refractivity contribution < 1.29 is 14.6 Å². The highest BCUT2D eigenvalue weighted by Crippen LogP contribution is 2.16. The van der Waals surface area contributed by atoms with Gasteiger partial charge < -0.3 is 15.2 Å². The highest BCUT2D eigenvalue weighted by atomic mass is 16.5. The Morgan fingerprint density at radius 2 is 2.00 bits per heavy atom. The minimum atomic E-state index is -0.678. The molecular formula is C18H18N2O3. The summed E-state index contributed by atoms with van der Waals surface area (Å²) in [5.74, 6) is 0.260. The Kier molecular flexibility index (Phi) is 5.73. The van der Waals surface area contributed by atoms with Gasteiger partial charge in [0.15, 0.2) is 6.10 Å². The molecule has 0 heterocycles. The summed E-state index contributed by atoms with van der Waals surface area (Å²) in [4.78, 5) is 12.1. The zero-order chi connectivity index (χ0) is 16.7. The van der Waals surface area contributed by atoms with Crippen molar-refractivity contribution in [1.82, 2.24) is 0 Å². The minimum absolute atomic E-state index is 0.0766. The molecule has 2 rings (SSSR count). The summed E-state index contributed by atoms with van der Waals surface area (Å²) in [5, 5.41) is 20.5. The number of hydrogen-bond acceptors (Lipinski definition) is 4. The van der Waals surface area contributed by atoms with E-state index in [-0.39, 0.29) is 12.5 Å². The van der Waals surface area contributed by atoms with Gasteiger partial charge >= 0.3 is 0 Å². The predicted molar refractivity (Wildman–Crippen MR) is 86.8 cm³/mol. The largest absolute Gasteiger partial charge is 0.481 e. The lowest BCUT2D eigenvalue weighted by Gasteiger charge is -2.15. The predicted octanol–water partition coefficient (Wildman–Crippen LogP) is 2.65. The van der Waals surface area contributed by atoms with Gasteiger partial charge in [-0.05, 0) is 42.3 Å². The lowest BCUT2D eigenvalue weighted by Crippen LogP contribution is -2.30. The Bertz CT molecular complexity index is 705. The number of nitrogens with zero attached hydrogens (tertiary/aromatic N) is 1. The van der Waals surface area contributed by atoms with E-state index in [1.807, 2.05) is 0 Å². The fraction of sp³-hybridized carbons (Fsp3) is 0.222. The van der Waals surface area contributed by atoms with Crippen LogP contribution in [-0.2, 0) is 17.8 Å². The van der Waals surface area contributed by atoms with E-state index >= 15 is 0 Å². The van der Waals surface area contributed by atoms with Gasteiger partial charge in [-0.25, -0.2) is 0 Å². The van der Waals surface area contributed by atoms with Crippen molar-refractivity contribution in [2.24, 2.45) is 0 Å². The maximum absolute atomic E-state index is 12.1. The van der Waals surface area contributed by atoms with Gasteiger partial charge in [0, 0.05) is 5.69 Å². The number of aliphatic hydroxyl groups is 1. The number of rotatable bonds is 6.